The monoisotopic (exact) mass is 231 g/mol. The molecular weight excluding hydrogens is 210 g/mol. The molecule has 1 amide bonds. The summed E-state index contributed by atoms with van der Waals surface area (Å²) < 4.78 is 0. The molecule has 1 heterocycles. The summed E-state index contributed by atoms with van der Waals surface area (Å²) in [5.74, 6) is 0.716. The van der Waals surface area contributed by atoms with Crippen molar-refractivity contribution in [1.29, 1.82) is 0 Å². The van der Waals surface area contributed by atoms with Gasteiger partial charge in [0.25, 0.3) is 0 Å². The molecule has 2 nitrogen and oxygen atoms in total. The molecule has 0 spiro atoms. The molecule has 3 unspecified atom stereocenters. The van der Waals surface area contributed by atoms with Gasteiger partial charge in [-0.2, -0.15) is 0 Å². The molecule has 0 saturated carbocycles. The standard InChI is InChI=1S/C15H21NO/c1-4-11(2)15(3)10-13(17)16-14(15)12-8-6-5-7-9-12/h5-9,11,14H,4,10H2,1-3H3,(H,16,17). The highest BCUT2D eigenvalue weighted by Crippen LogP contribution is 2.48. The van der Waals surface area contributed by atoms with E-state index in [9.17, 15) is 4.79 Å². The van der Waals surface area contributed by atoms with Crippen molar-refractivity contribution in [3.8, 4) is 0 Å². The molecule has 3 atom stereocenters. The van der Waals surface area contributed by atoms with E-state index in [1.165, 1.54) is 5.56 Å². The molecule has 0 radical (unpaired) electrons. The Kier molecular flexibility index (Phi) is 3.23. The van der Waals surface area contributed by atoms with Gasteiger partial charge in [-0.05, 0) is 11.5 Å². The van der Waals surface area contributed by atoms with Crippen molar-refractivity contribution >= 4 is 5.91 Å². The summed E-state index contributed by atoms with van der Waals surface area (Å²) in [5.41, 5.74) is 1.26. The second-order valence-electron chi connectivity index (χ2n) is 5.40. The Bertz CT molecular complexity index is 401. The number of nitrogens with one attached hydrogen (secondary N) is 1. The van der Waals surface area contributed by atoms with E-state index in [0.717, 1.165) is 6.42 Å². The average molecular weight is 231 g/mol. The SMILES string of the molecule is CCC(C)C1(C)CC(=O)NC1c1ccccc1. The van der Waals surface area contributed by atoms with Crippen molar-refractivity contribution in [2.45, 2.75) is 39.7 Å². The predicted octanol–water partition coefficient (Wildman–Crippen LogP) is 3.30. The van der Waals surface area contributed by atoms with Crippen molar-refractivity contribution in [3.05, 3.63) is 35.9 Å². The summed E-state index contributed by atoms with van der Waals surface area (Å²) in [7, 11) is 0. The maximum atomic E-state index is 11.8. The Balaban J connectivity index is 2.35. The van der Waals surface area contributed by atoms with Crippen LogP contribution in [-0.4, -0.2) is 5.91 Å². The summed E-state index contributed by atoms with van der Waals surface area (Å²) in [6, 6.07) is 10.5. The lowest BCUT2D eigenvalue weighted by Crippen LogP contribution is -2.32. The van der Waals surface area contributed by atoms with Gasteiger partial charge in [0.2, 0.25) is 5.91 Å². The van der Waals surface area contributed by atoms with E-state index in [2.05, 4.69) is 38.2 Å². The number of hydrogen-bond donors (Lipinski definition) is 1. The zero-order valence-corrected chi connectivity index (χ0v) is 10.9. The summed E-state index contributed by atoms with van der Waals surface area (Å²) in [6.07, 6.45) is 1.75. The molecule has 1 N–H and O–H groups in total. The minimum Gasteiger partial charge on any atom is -0.349 e. The topological polar surface area (TPSA) is 29.1 Å². The van der Waals surface area contributed by atoms with E-state index in [1.807, 2.05) is 18.2 Å². The van der Waals surface area contributed by atoms with Crippen LogP contribution in [0.2, 0.25) is 0 Å². The van der Waals surface area contributed by atoms with Crippen LogP contribution in [0.4, 0.5) is 0 Å². The Morgan fingerprint density at radius 1 is 1.41 bits per heavy atom. The van der Waals surface area contributed by atoms with Gasteiger partial charge in [0.1, 0.15) is 0 Å². The van der Waals surface area contributed by atoms with E-state index in [4.69, 9.17) is 0 Å². The van der Waals surface area contributed by atoms with Gasteiger partial charge in [-0.1, -0.05) is 57.5 Å². The van der Waals surface area contributed by atoms with Crippen molar-refractivity contribution < 1.29 is 4.79 Å². The molecule has 1 saturated heterocycles. The van der Waals surface area contributed by atoms with Crippen LogP contribution in [0.1, 0.15) is 45.2 Å². The third-order valence-electron chi connectivity index (χ3n) is 4.38. The van der Waals surface area contributed by atoms with Crippen LogP contribution >= 0.6 is 0 Å². The maximum Gasteiger partial charge on any atom is 0.221 e. The van der Waals surface area contributed by atoms with E-state index in [-0.39, 0.29) is 17.4 Å². The van der Waals surface area contributed by atoms with Crippen LogP contribution in [-0.2, 0) is 4.79 Å². The molecule has 1 aromatic rings. The minimum absolute atomic E-state index is 0.0349. The quantitative estimate of drug-likeness (QED) is 0.849. The van der Waals surface area contributed by atoms with Gasteiger partial charge in [0, 0.05) is 11.8 Å². The van der Waals surface area contributed by atoms with E-state index in [0.29, 0.717) is 12.3 Å². The third kappa shape index (κ3) is 2.08. The van der Waals surface area contributed by atoms with Crippen molar-refractivity contribution in [2.75, 3.05) is 0 Å². The van der Waals surface area contributed by atoms with Gasteiger partial charge < -0.3 is 5.32 Å². The molecule has 92 valence electrons. The first-order valence-corrected chi connectivity index (χ1v) is 6.42. The molecule has 1 aliphatic rings. The van der Waals surface area contributed by atoms with Crippen LogP contribution in [0.25, 0.3) is 0 Å². The minimum atomic E-state index is 0.0349. The first-order valence-electron chi connectivity index (χ1n) is 6.42. The lowest BCUT2D eigenvalue weighted by atomic mass is 9.69. The zero-order chi connectivity index (χ0) is 12.5. The van der Waals surface area contributed by atoms with E-state index in [1.54, 1.807) is 0 Å². The van der Waals surface area contributed by atoms with Crippen LogP contribution in [0.5, 0.6) is 0 Å². The Morgan fingerprint density at radius 2 is 2.06 bits per heavy atom. The number of hydrogen-bond acceptors (Lipinski definition) is 1. The summed E-state index contributed by atoms with van der Waals surface area (Å²) in [4.78, 5) is 11.8. The van der Waals surface area contributed by atoms with Crippen LogP contribution in [0, 0.1) is 11.3 Å². The first kappa shape index (κ1) is 12.2. The summed E-state index contributed by atoms with van der Waals surface area (Å²) in [6.45, 7) is 6.67. The summed E-state index contributed by atoms with van der Waals surface area (Å²) in [5, 5.41) is 3.14. The van der Waals surface area contributed by atoms with E-state index >= 15 is 0 Å². The normalized spacial score (nSPS) is 30.1. The second-order valence-corrected chi connectivity index (χ2v) is 5.40. The van der Waals surface area contributed by atoms with Gasteiger partial charge in [0.05, 0.1) is 6.04 Å². The van der Waals surface area contributed by atoms with Crippen molar-refractivity contribution in [2.24, 2.45) is 11.3 Å². The highest BCUT2D eigenvalue weighted by atomic mass is 16.2. The molecule has 1 aromatic carbocycles. The zero-order valence-electron chi connectivity index (χ0n) is 10.9. The number of rotatable bonds is 3. The van der Waals surface area contributed by atoms with Gasteiger partial charge >= 0.3 is 0 Å². The number of carbonyl (C=O) groups excluding carboxylic acids is 1. The average Bonchev–Trinajstić information content (AvgIpc) is 2.66. The number of amides is 1. The van der Waals surface area contributed by atoms with Crippen LogP contribution < -0.4 is 5.32 Å². The molecular formula is C15H21NO. The molecule has 0 aromatic heterocycles. The Labute approximate surface area is 103 Å². The lowest BCUT2D eigenvalue weighted by Gasteiger charge is -2.36. The fraction of sp³-hybridized carbons (Fsp3) is 0.533. The van der Waals surface area contributed by atoms with Crippen molar-refractivity contribution in [3.63, 3.8) is 0 Å². The Morgan fingerprint density at radius 3 is 2.65 bits per heavy atom. The predicted molar refractivity (Wildman–Crippen MR) is 69.5 cm³/mol. The highest BCUT2D eigenvalue weighted by molar-refractivity contribution is 5.80. The molecule has 0 bridgehead atoms. The van der Waals surface area contributed by atoms with E-state index < -0.39 is 0 Å². The molecule has 2 rings (SSSR count). The van der Waals surface area contributed by atoms with Crippen LogP contribution in [0.15, 0.2) is 30.3 Å². The fourth-order valence-corrected chi connectivity index (χ4v) is 2.86. The van der Waals surface area contributed by atoms with Crippen molar-refractivity contribution in [1.82, 2.24) is 5.32 Å². The molecule has 1 fully saturated rings. The maximum absolute atomic E-state index is 11.8. The van der Waals surface area contributed by atoms with Crippen LogP contribution in [0.3, 0.4) is 0 Å². The highest BCUT2D eigenvalue weighted by Gasteiger charge is 2.46. The lowest BCUT2D eigenvalue weighted by molar-refractivity contribution is -0.119. The Hall–Kier alpha value is -1.31. The summed E-state index contributed by atoms with van der Waals surface area (Å²) >= 11 is 0. The first-order chi connectivity index (χ1) is 8.08. The fourth-order valence-electron chi connectivity index (χ4n) is 2.86. The molecule has 2 heteroatoms. The van der Waals surface area contributed by atoms with Gasteiger partial charge in [0.15, 0.2) is 0 Å². The molecule has 0 aliphatic carbocycles. The number of carbonyl (C=O) groups is 1. The van der Waals surface area contributed by atoms with Gasteiger partial charge in [-0.25, -0.2) is 0 Å². The number of benzene rings is 1. The largest absolute Gasteiger partial charge is 0.349 e. The molecule has 1 aliphatic heterocycles. The second kappa shape index (κ2) is 4.52. The van der Waals surface area contributed by atoms with Gasteiger partial charge in [-0.3, -0.25) is 4.79 Å². The smallest absolute Gasteiger partial charge is 0.221 e. The molecule has 17 heavy (non-hydrogen) atoms. The van der Waals surface area contributed by atoms with Gasteiger partial charge in [-0.15, -0.1) is 0 Å². The third-order valence-corrected chi connectivity index (χ3v) is 4.38.